The maximum atomic E-state index is 12.9. The Morgan fingerprint density at radius 3 is 2.31 bits per heavy atom. The Morgan fingerprint density at radius 2 is 1.65 bits per heavy atom. The molecule has 1 heterocycles. The Hall–Kier alpha value is -3.42. The van der Waals surface area contributed by atoms with Gasteiger partial charge in [-0.05, 0) is 55.0 Å². The first-order chi connectivity index (χ1) is 12.5. The average molecular weight is 357 g/mol. The van der Waals surface area contributed by atoms with Crippen molar-refractivity contribution in [3.63, 3.8) is 0 Å². The number of hydrogen-bond acceptors (Lipinski definition) is 4. The number of rotatable bonds is 4. The quantitative estimate of drug-likeness (QED) is 0.783. The van der Waals surface area contributed by atoms with Gasteiger partial charge in [-0.25, -0.2) is 9.18 Å². The molecule has 1 saturated heterocycles. The van der Waals surface area contributed by atoms with Crippen molar-refractivity contribution in [2.24, 2.45) is 0 Å². The number of nitrogens with one attached hydrogen (secondary N) is 3. The average Bonchev–Trinajstić information content (AvgIpc) is 2.79. The Bertz CT molecular complexity index is 821. The fourth-order valence-corrected chi connectivity index (χ4v) is 2.40. The summed E-state index contributed by atoms with van der Waals surface area (Å²) in [6, 6.07) is 10.7. The first kappa shape index (κ1) is 17.4. The minimum absolute atomic E-state index is 0.0846. The SMILES string of the molecule is O=C1CC[C@H](C(=O)Nc2ccc(Oc3ccc(F)cc3)cc2)NC(=O)N1. The highest BCUT2D eigenvalue weighted by Crippen LogP contribution is 2.23. The van der Waals surface area contributed by atoms with Gasteiger partial charge in [-0.2, -0.15) is 0 Å². The largest absolute Gasteiger partial charge is 0.457 e. The van der Waals surface area contributed by atoms with Gasteiger partial charge in [0.2, 0.25) is 11.8 Å². The molecule has 2 aromatic carbocycles. The molecular weight excluding hydrogens is 341 g/mol. The number of halogens is 1. The predicted octanol–water partition coefficient (Wildman–Crippen LogP) is 2.54. The third-order valence-electron chi connectivity index (χ3n) is 3.71. The van der Waals surface area contributed by atoms with Crippen LogP contribution in [0, 0.1) is 5.82 Å². The monoisotopic (exact) mass is 357 g/mol. The van der Waals surface area contributed by atoms with Gasteiger partial charge in [-0.3, -0.25) is 14.9 Å². The number of carbonyl (C=O) groups excluding carboxylic acids is 3. The van der Waals surface area contributed by atoms with Crippen molar-refractivity contribution < 1.29 is 23.5 Å². The molecule has 0 bridgehead atoms. The molecule has 0 unspecified atom stereocenters. The fraction of sp³-hybridized carbons (Fsp3) is 0.167. The van der Waals surface area contributed by atoms with E-state index < -0.39 is 23.9 Å². The molecule has 1 fully saturated rings. The lowest BCUT2D eigenvalue weighted by Gasteiger charge is -2.15. The van der Waals surface area contributed by atoms with Crippen LogP contribution in [0.1, 0.15) is 12.8 Å². The van der Waals surface area contributed by atoms with Crippen molar-refractivity contribution in [3.05, 3.63) is 54.3 Å². The summed E-state index contributed by atoms with van der Waals surface area (Å²) in [5.74, 6) is -0.172. The lowest BCUT2D eigenvalue weighted by Crippen LogP contribution is -2.45. The lowest BCUT2D eigenvalue weighted by molar-refractivity contribution is -0.120. The maximum absolute atomic E-state index is 12.9. The summed E-state index contributed by atoms with van der Waals surface area (Å²) in [5, 5.41) is 7.23. The minimum Gasteiger partial charge on any atom is -0.457 e. The van der Waals surface area contributed by atoms with Crippen LogP contribution >= 0.6 is 0 Å². The molecule has 8 heteroatoms. The number of carbonyl (C=O) groups is 3. The highest BCUT2D eigenvalue weighted by atomic mass is 19.1. The molecule has 0 radical (unpaired) electrons. The lowest BCUT2D eigenvalue weighted by atomic mass is 10.1. The highest BCUT2D eigenvalue weighted by Gasteiger charge is 2.26. The molecule has 0 saturated carbocycles. The van der Waals surface area contributed by atoms with E-state index in [1.165, 1.54) is 24.3 Å². The van der Waals surface area contributed by atoms with E-state index >= 15 is 0 Å². The van der Waals surface area contributed by atoms with E-state index in [2.05, 4.69) is 16.0 Å². The molecule has 4 amide bonds. The molecule has 2 aromatic rings. The van der Waals surface area contributed by atoms with Crippen molar-refractivity contribution in [2.45, 2.75) is 18.9 Å². The van der Waals surface area contributed by atoms with Gasteiger partial charge in [0.25, 0.3) is 0 Å². The van der Waals surface area contributed by atoms with E-state index in [4.69, 9.17) is 4.74 Å². The number of imide groups is 1. The van der Waals surface area contributed by atoms with Crippen LogP contribution in [0.15, 0.2) is 48.5 Å². The van der Waals surface area contributed by atoms with Crippen LogP contribution in [-0.4, -0.2) is 23.9 Å². The zero-order valence-electron chi connectivity index (χ0n) is 13.6. The van der Waals surface area contributed by atoms with E-state index in [-0.39, 0.29) is 18.7 Å². The molecule has 26 heavy (non-hydrogen) atoms. The molecule has 1 aliphatic rings. The van der Waals surface area contributed by atoms with Crippen molar-refractivity contribution in [2.75, 3.05) is 5.32 Å². The molecule has 1 aliphatic heterocycles. The standard InChI is InChI=1S/C18H16FN3O4/c19-11-1-5-13(6-2-11)26-14-7-3-12(4-8-14)20-17(24)15-9-10-16(23)22-18(25)21-15/h1-8,15H,9-10H2,(H,20,24)(H2,21,22,23,25)/t15-/m1/s1. The van der Waals surface area contributed by atoms with E-state index in [1.54, 1.807) is 24.3 Å². The third kappa shape index (κ3) is 4.56. The van der Waals surface area contributed by atoms with Crippen LogP contribution in [0.25, 0.3) is 0 Å². The van der Waals surface area contributed by atoms with Crippen LogP contribution in [-0.2, 0) is 9.59 Å². The first-order valence-corrected chi connectivity index (χ1v) is 7.94. The molecule has 3 rings (SSSR count). The Kier molecular flexibility index (Phi) is 5.12. The van der Waals surface area contributed by atoms with Gasteiger partial charge < -0.3 is 15.4 Å². The Labute approximate surface area is 148 Å². The summed E-state index contributed by atoms with van der Waals surface area (Å²) in [7, 11) is 0. The topological polar surface area (TPSA) is 96.5 Å². The molecular formula is C18H16FN3O4. The number of benzene rings is 2. The smallest absolute Gasteiger partial charge is 0.322 e. The van der Waals surface area contributed by atoms with Gasteiger partial charge in [0.15, 0.2) is 0 Å². The summed E-state index contributed by atoms with van der Waals surface area (Å²) in [6.07, 6.45) is 0.302. The Morgan fingerprint density at radius 1 is 1.04 bits per heavy atom. The fourth-order valence-electron chi connectivity index (χ4n) is 2.40. The summed E-state index contributed by atoms with van der Waals surface area (Å²) in [6.45, 7) is 0. The van der Waals surface area contributed by atoms with E-state index in [0.717, 1.165) is 0 Å². The number of anilines is 1. The second kappa shape index (κ2) is 7.64. The summed E-state index contributed by atoms with van der Waals surface area (Å²) >= 11 is 0. The Balaban J connectivity index is 1.59. The third-order valence-corrected chi connectivity index (χ3v) is 3.71. The molecule has 7 nitrogen and oxygen atoms in total. The van der Waals surface area contributed by atoms with Gasteiger partial charge in [0.05, 0.1) is 0 Å². The van der Waals surface area contributed by atoms with E-state index in [1.807, 2.05) is 0 Å². The molecule has 0 aliphatic carbocycles. The van der Waals surface area contributed by atoms with Crippen LogP contribution in [0.4, 0.5) is 14.9 Å². The van der Waals surface area contributed by atoms with Crippen LogP contribution < -0.4 is 20.7 Å². The van der Waals surface area contributed by atoms with Crippen molar-refractivity contribution in [1.82, 2.24) is 10.6 Å². The number of hydrogen-bond donors (Lipinski definition) is 3. The molecule has 1 atom stereocenters. The van der Waals surface area contributed by atoms with Crippen molar-refractivity contribution in [3.8, 4) is 11.5 Å². The van der Waals surface area contributed by atoms with Gasteiger partial charge in [-0.15, -0.1) is 0 Å². The van der Waals surface area contributed by atoms with Crippen LogP contribution in [0.3, 0.4) is 0 Å². The molecule has 0 spiro atoms. The van der Waals surface area contributed by atoms with Crippen molar-refractivity contribution >= 4 is 23.5 Å². The van der Waals surface area contributed by atoms with Crippen molar-refractivity contribution in [1.29, 1.82) is 0 Å². The molecule has 0 aromatic heterocycles. The van der Waals surface area contributed by atoms with Gasteiger partial charge in [-0.1, -0.05) is 0 Å². The van der Waals surface area contributed by atoms with Gasteiger partial charge >= 0.3 is 6.03 Å². The second-order valence-corrected chi connectivity index (χ2v) is 5.68. The molecule has 134 valence electrons. The highest BCUT2D eigenvalue weighted by molar-refractivity contribution is 6.01. The van der Waals surface area contributed by atoms with E-state index in [0.29, 0.717) is 17.2 Å². The summed E-state index contributed by atoms with van der Waals surface area (Å²) < 4.78 is 18.4. The predicted molar refractivity (Wildman–Crippen MR) is 91.2 cm³/mol. The number of urea groups is 1. The number of amides is 4. The van der Waals surface area contributed by atoms with Gasteiger partial charge in [0, 0.05) is 12.1 Å². The minimum atomic E-state index is -0.795. The van der Waals surface area contributed by atoms with Crippen LogP contribution in [0.2, 0.25) is 0 Å². The van der Waals surface area contributed by atoms with E-state index in [9.17, 15) is 18.8 Å². The zero-order chi connectivity index (χ0) is 18.5. The summed E-state index contributed by atoms with van der Waals surface area (Å²) in [4.78, 5) is 35.0. The van der Waals surface area contributed by atoms with Gasteiger partial charge in [0.1, 0.15) is 23.4 Å². The first-order valence-electron chi connectivity index (χ1n) is 7.94. The normalized spacial score (nSPS) is 16.9. The maximum Gasteiger partial charge on any atom is 0.322 e. The zero-order valence-corrected chi connectivity index (χ0v) is 13.6. The van der Waals surface area contributed by atoms with Crippen LogP contribution in [0.5, 0.6) is 11.5 Å². The molecule has 3 N–H and O–H groups in total. The second-order valence-electron chi connectivity index (χ2n) is 5.68. The summed E-state index contributed by atoms with van der Waals surface area (Å²) in [5.41, 5.74) is 0.513. The number of ether oxygens (including phenoxy) is 1.